The van der Waals surface area contributed by atoms with Gasteiger partial charge in [0.25, 0.3) is 11.8 Å². The van der Waals surface area contributed by atoms with Crippen molar-refractivity contribution in [2.24, 2.45) is 0 Å². The monoisotopic (exact) mass is 382 g/mol. The topological polar surface area (TPSA) is 67.4 Å². The van der Waals surface area contributed by atoms with Gasteiger partial charge in [0, 0.05) is 16.3 Å². The van der Waals surface area contributed by atoms with Gasteiger partial charge in [-0.15, -0.1) is 0 Å². The van der Waals surface area contributed by atoms with E-state index in [1.54, 1.807) is 30.3 Å². The lowest BCUT2D eigenvalue weighted by molar-refractivity contribution is 0.101. The van der Waals surface area contributed by atoms with E-state index in [-0.39, 0.29) is 11.1 Å². The van der Waals surface area contributed by atoms with Crippen LogP contribution >= 0.6 is 11.6 Å². The summed E-state index contributed by atoms with van der Waals surface area (Å²) in [4.78, 5) is 24.8. The van der Waals surface area contributed by atoms with E-state index in [0.717, 1.165) is 6.07 Å². The van der Waals surface area contributed by atoms with E-state index < -0.39 is 17.6 Å². The quantitative estimate of drug-likeness (QED) is 0.648. The van der Waals surface area contributed by atoms with E-state index in [9.17, 15) is 14.0 Å². The Morgan fingerprint density at radius 3 is 2.67 bits per heavy atom. The third-order valence-corrected chi connectivity index (χ3v) is 4.21. The van der Waals surface area contributed by atoms with Crippen molar-refractivity contribution in [1.82, 2.24) is 0 Å². The second kappa shape index (κ2) is 6.74. The van der Waals surface area contributed by atoms with Crippen molar-refractivity contribution in [2.45, 2.75) is 0 Å². The molecular formula is C20H12ClFN2O3. The summed E-state index contributed by atoms with van der Waals surface area (Å²) in [6, 6.07) is 14.9. The molecule has 5 nitrogen and oxygen atoms in total. The fourth-order valence-electron chi connectivity index (χ4n) is 2.70. The van der Waals surface area contributed by atoms with E-state index in [0.29, 0.717) is 27.9 Å². The number of ether oxygens (including phenoxy) is 1. The number of hydrogen-bond donors (Lipinski definition) is 2. The molecule has 2 N–H and O–H groups in total. The summed E-state index contributed by atoms with van der Waals surface area (Å²) in [6.45, 7) is 0. The molecule has 3 aromatic carbocycles. The Morgan fingerprint density at radius 1 is 1.04 bits per heavy atom. The van der Waals surface area contributed by atoms with Crippen LogP contribution in [0.25, 0.3) is 0 Å². The molecule has 2 amide bonds. The predicted octanol–water partition coefficient (Wildman–Crippen LogP) is 5.09. The van der Waals surface area contributed by atoms with E-state index in [1.807, 2.05) is 0 Å². The molecule has 0 atom stereocenters. The summed E-state index contributed by atoms with van der Waals surface area (Å²) < 4.78 is 19.1. The fraction of sp³-hybridized carbons (Fsp3) is 0. The first-order valence-corrected chi connectivity index (χ1v) is 8.37. The lowest BCUT2D eigenvalue weighted by Crippen LogP contribution is -2.14. The van der Waals surface area contributed by atoms with Crippen LogP contribution in [0.1, 0.15) is 20.7 Å². The van der Waals surface area contributed by atoms with Crippen LogP contribution in [-0.2, 0) is 0 Å². The van der Waals surface area contributed by atoms with E-state index in [1.165, 1.54) is 24.3 Å². The van der Waals surface area contributed by atoms with Crippen molar-refractivity contribution in [2.75, 3.05) is 10.6 Å². The molecule has 1 heterocycles. The Kier molecular flexibility index (Phi) is 4.25. The molecule has 7 heteroatoms. The Labute approximate surface area is 158 Å². The van der Waals surface area contributed by atoms with Crippen molar-refractivity contribution in [3.8, 4) is 11.5 Å². The van der Waals surface area contributed by atoms with Gasteiger partial charge in [0.15, 0.2) is 5.75 Å². The number of rotatable bonds is 2. The molecule has 0 radical (unpaired) electrons. The van der Waals surface area contributed by atoms with Crippen LogP contribution in [0.15, 0.2) is 60.7 Å². The Bertz CT molecular complexity index is 1080. The average Bonchev–Trinajstić information content (AvgIpc) is 2.77. The molecule has 1 aliphatic heterocycles. The standard InChI is InChI=1S/C20H12ClFN2O3/c21-12-4-6-18-16(9-12)24-20(26)15-10-14(5-7-17(15)27-18)23-19(25)11-2-1-3-13(22)8-11/h1-10H,(H,23,25)(H,24,26). The van der Waals surface area contributed by atoms with Gasteiger partial charge in [0.2, 0.25) is 0 Å². The molecule has 0 saturated carbocycles. The summed E-state index contributed by atoms with van der Waals surface area (Å²) in [5.74, 6) is -0.582. The van der Waals surface area contributed by atoms with Gasteiger partial charge >= 0.3 is 0 Å². The minimum Gasteiger partial charge on any atom is -0.454 e. The molecule has 0 unspecified atom stereocenters. The second-order valence-corrected chi connectivity index (χ2v) is 6.31. The molecule has 0 saturated heterocycles. The van der Waals surface area contributed by atoms with Crippen LogP contribution in [0, 0.1) is 5.82 Å². The number of fused-ring (bicyclic) bond motifs is 2. The first-order valence-electron chi connectivity index (χ1n) is 7.99. The smallest absolute Gasteiger partial charge is 0.259 e. The number of anilines is 2. The number of halogens is 2. The lowest BCUT2D eigenvalue weighted by Gasteiger charge is -2.10. The third-order valence-electron chi connectivity index (χ3n) is 3.98. The highest BCUT2D eigenvalue weighted by atomic mass is 35.5. The van der Waals surface area contributed by atoms with Gasteiger partial charge in [-0.2, -0.15) is 0 Å². The third kappa shape index (κ3) is 3.47. The molecule has 0 spiro atoms. The van der Waals surface area contributed by atoms with Crippen LogP contribution < -0.4 is 15.4 Å². The Morgan fingerprint density at radius 2 is 1.85 bits per heavy atom. The molecule has 3 aromatic rings. The maximum Gasteiger partial charge on any atom is 0.259 e. The van der Waals surface area contributed by atoms with E-state index in [2.05, 4.69) is 10.6 Å². The highest BCUT2D eigenvalue weighted by Crippen LogP contribution is 2.37. The van der Waals surface area contributed by atoms with Gasteiger partial charge in [-0.3, -0.25) is 9.59 Å². The molecule has 1 aliphatic rings. The zero-order chi connectivity index (χ0) is 19.0. The van der Waals surface area contributed by atoms with Gasteiger partial charge in [-0.25, -0.2) is 4.39 Å². The molecule has 4 rings (SSSR count). The fourth-order valence-corrected chi connectivity index (χ4v) is 2.88. The van der Waals surface area contributed by atoms with Crippen LogP contribution in [0.3, 0.4) is 0 Å². The second-order valence-electron chi connectivity index (χ2n) is 5.87. The molecule has 134 valence electrons. The van der Waals surface area contributed by atoms with Gasteiger partial charge in [-0.05, 0) is 54.6 Å². The number of carbonyl (C=O) groups excluding carboxylic acids is 2. The van der Waals surface area contributed by atoms with E-state index in [4.69, 9.17) is 16.3 Å². The SMILES string of the molecule is O=C(Nc1ccc2c(c1)C(=O)Nc1cc(Cl)ccc1O2)c1cccc(F)c1. The number of carbonyl (C=O) groups is 2. The molecule has 0 fully saturated rings. The minimum absolute atomic E-state index is 0.174. The maximum atomic E-state index is 13.3. The Hall–Kier alpha value is -3.38. The maximum absolute atomic E-state index is 13.3. The molecule has 0 bridgehead atoms. The van der Waals surface area contributed by atoms with Crippen LogP contribution in [-0.4, -0.2) is 11.8 Å². The zero-order valence-corrected chi connectivity index (χ0v) is 14.5. The number of hydrogen-bond acceptors (Lipinski definition) is 3. The Balaban J connectivity index is 1.63. The summed E-state index contributed by atoms with van der Waals surface area (Å²) in [6.07, 6.45) is 0. The first-order chi connectivity index (χ1) is 13.0. The van der Waals surface area contributed by atoms with Crippen LogP contribution in [0.2, 0.25) is 5.02 Å². The van der Waals surface area contributed by atoms with Crippen LogP contribution in [0.4, 0.5) is 15.8 Å². The summed E-state index contributed by atoms with van der Waals surface area (Å²) in [5, 5.41) is 5.84. The number of nitrogens with one attached hydrogen (secondary N) is 2. The lowest BCUT2D eigenvalue weighted by atomic mass is 10.1. The summed E-state index contributed by atoms with van der Waals surface area (Å²) in [7, 11) is 0. The van der Waals surface area contributed by atoms with Gasteiger partial charge < -0.3 is 15.4 Å². The minimum atomic E-state index is -0.506. The van der Waals surface area contributed by atoms with Crippen molar-refractivity contribution in [3.05, 3.63) is 82.6 Å². The molecular weight excluding hydrogens is 371 g/mol. The van der Waals surface area contributed by atoms with Crippen molar-refractivity contribution < 1.29 is 18.7 Å². The molecule has 0 aromatic heterocycles. The average molecular weight is 383 g/mol. The number of benzene rings is 3. The van der Waals surface area contributed by atoms with Crippen molar-refractivity contribution in [1.29, 1.82) is 0 Å². The molecule has 27 heavy (non-hydrogen) atoms. The summed E-state index contributed by atoms with van der Waals surface area (Å²) >= 11 is 5.96. The largest absolute Gasteiger partial charge is 0.454 e. The van der Waals surface area contributed by atoms with Gasteiger partial charge in [0.05, 0.1) is 11.3 Å². The van der Waals surface area contributed by atoms with Gasteiger partial charge in [-0.1, -0.05) is 17.7 Å². The van der Waals surface area contributed by atoms with Crippen molar-refractivity contribution >= 4 is 34.8 Å². The molecule has 0 aliphatic carbocycles. The van der Waals surface area contributed by atoms with E-state index >= 15 is 0 Å². The zero-order valence-electron chi connectivity index (χ0n) is 13.8. The predicted molar refractivity (Wildman–Crippen MR) is 100 cm³/mol. The normalized spacial score (nSPS) is 12.1. The highest BCUT2D eigenvalue weighted by Gasteiger charge is 2.22. The summed E-state index contributed by atoms with van der Waals surface area (Å²) in [5.41, 5.74) is 1.26. The highest BCUT2D eigenvalue weighted by molar-refractivity contribution is 6.31. The van der Waals surface area contributed by atoms with Crippen LogP contribution in [0.5, 0.6) is 11.5 Å². The van der Waals surface area contributed by atoms with Crippen molar-refractivity contribution in [3.63, 3.8) is 0 Å². The first kappa shape index (κ1) is 17.1. The van der Waals surface area contributed by atoms with Gasteiger partial charge in [0.1, 0.15) is 11.6 Å². The number of amides is 2.